The summed E-state index contributed by atoms with van der Waals surface area (Å²) in [5.74, 6) is 0.751. The van der Waals surface area contributed by atoms with Gasteiger partial charge in [0.15, 0.2) is 0 Å². The van der Waals surface area contributed by atoms with E-state index in [9.17, 15) is 0 Å². The number of aromatic nitrogens is 1. The standard InChI is InChI=1S/C11H15ClN2O/c1-15-7-10(8-2-3-8)14-9-4-5-11(12)13-6-9/h4-6,8,10,14H,2-3,7H2,1H3. The second-order valence-corrected chi connectivity index (χ2v) is 4.30. The van der Waals surface area contributed by atoms with E-state index in [0.717, 1.165) is 18.2 Å². The lowest BCUT2D eigenvalue weighted by atomic mass is 10.2. The summed E-state index contributed by atoms with van der Waals surface area (Å²) >= 11 is 5.72. The lowest BCUT2D eigenvalue weighted by molar-refractivity contribution is 0.179. The number of halogens is 1. The molecule has 1 aliphatic carbocycles. The van der Waals surface area contributed by atoms with Gasteiger partial charge in [0.1, 0.15) is 5.15 Å². The molecule has 0 amide bonds. The Labute approximate surface area is 94.8 Å². The van der Waals surface area contributed by atoms with Crippen LogP contribution in [-0.2, 0) is 4.74 Å². The van der Waals surface area contributed by atoms with Crippen LogP contribution >= 0.6 is 11.6 Å². The Morgan fingerprint density at radius 1 is 1.60 bits per heavy atom. The van der Waals surface area contributed by atoms with Crippen molar-refractivity contribution in [1.29, 1.82) is 0 Å². The Morgan fingerprint density at radius 3 is 2.93 bits per heavy atom. The van der Waals surface area contributed by atoms with Gasteiger partial charge in [-0.25, -0.2) is 4.98 Å². The third kappa shape index (κ3) is 3.08. The molecule has 0 aromatic carbocycles. The largest absolute Gasteiger partial charge is 0.383 e. The predicted octanol–water partition coefficient (Wildman–Crippen LogP) is 2.57. The first-order chi connectivity index (χ1) is 7.29. The van der Waals surface area contributed by atoms with Crippen LogP contribution in [0, 0.1) is 5.92 Å². The molecule has 4 heteroatoms. The fraction of sp³-hybridized carbons (Fsp3) is 0.545. The van der Waals surface area contributed by atoms with Crippen LogP contribution in [0.15, 0.2) is 18.3 Å². The zero-order chi connectivity index (χ0) is 10.7. The maximum Gasteiger partial charge on any atom is 0.129 e. The third-order valence-electron chi connectivity index (χ3n) is 2.62. The molecule has 1 N–H and O–H groups in total. The highest BCUT2D eigenvalue weighted by Crippen LogP contribution is 2.34. The van der Waals surface area contributed by atoms with Crippen LogP contribution in [0.25, 0.3) is 0 Å². The summed E-state index contributed by atoms with van der Waals surface area (Å²) in [7, 11) is 1.73. The van der Waals surface area contributed by atoms with Crippen molar-refractivity contribution in [3.8, 4) is 0 Å². The molecule has 0 radical (unpaired) electrons. The second-order valence-electron chi connectivity index (χ2n) is 3.91. The minimum atomic E-state index is 0.401. The SMILES string of the molecule is COCC(Nc1ccc(Cl)nc1)C1CC1. The monoisotopic (exact) mass is 226 g/mol. The summed E-state index contributed by atoms with van der Waals surface area (Å²) in [4.78, 5) is 4.03. The molecule has 82 valence electrons. The van der Waals surface area contributed by atoms with Crippen LogP contribution in [0.2, 0.25) is 5.15 Å². The van der Waals surface area contributed by atoms with Gasteiger partial charge in [0.05, 0.1) is 24.5 Å². The van der Waals surface area contributed by atoms with Gasteiger partial charge in [0, 0.05) is 7.11 Å². The quantitative estimate of drug-likeness (QED) is 0.784. The molecule has 1 aromatic rings. The Hall–Kier alpha value is -0.800. The van der Waals surface area contributed by atoms with Gasteiger partial charge in [-0.2, -0.15) is 0 Å². The Morgan fingerprint density at radius 2 is 2.40 bits per heavy atom. The molecule has 1 heterocycles. The van der Waals surface area contributed by atoms with Crippen molar-refractivity contribution in [2.24, 2.45) is 5.92 Å². The summed E-state index contributed by atoms with van der Waals surface area (Å²) in [5.41, 5.74) is 1.01. The molecule has 1 aromatic heterocycles. The van der Waals surface area contributed by atoms with Gasteiger partial charge >= 0.3 is 0 Å². The fourth-order valence-corrected chi connectivity index (χ4v) is 1.76. The van der Waals surface area contributed by atoms with Crippen LogP contribution in [0.3, 0.4) is 0 Å². The molecule has 0 bridgehead atoms. The van der Waals surface area contributed by atoms with E-state index in [1.165, 1.54) is 12.8 Å². The van der Waals surface area contributed by atoms with E-state index < -0.39 is 0 Å². The molecule has 1 atom stereocenters. The maximum absolute atomic E-state index is 5.72. The highest BCUT2D eigenvalue weighted by molar-refractivity contribution is 6.29. The molecule has 1 aliphatic rings. The van der Waals surface area contributed by atoms with Crippen LogP contribution in [-0.4, -0.2) is 24.7 Å². The topological polar surface area (TPSA) is 34.1 Å². The zero-order valence-electron chi connectivity index (χ0n) is 8.74. The number of hydrogen-bond acceptors (Lipinski definition) is 3. The summed E-state index contributed by atoms with van der Waals surface area (Å²) in [6.07, 6.45) is 4.34. The third-order valence-corrected chi connectivity index (χ3v) is 2.84. The van der Waals surface area contributed by atoms with Crippen LogP contribution in [0.5, 0.6) is 0 Å². The van der Waals surface area contributed by atoms with Crippen molar-refractivity contribution in [1.82, 2.24) is 4.98 Å². The van der Waals surface area contributed by atoms with Crippen molar-refractivity contribution in [2.75, 3.05) is 19.0 Å². The first kappa shape index (κ1) is 10.7. The summed E-state index contributed by atoms with van der Waals surface area (Å²) in [6.45, 7) is 0.743. The van der Waals surface area contributed by atoms with Gasteiger partial charge in [-0.05, 0) is 30.9 Å². The van der Waals surface area contributed by atoms with Crippen molar-refractivity contribution in [2.45, 2.75) is 18.9 Å². The number of methoxy groups -OCH3 is 1. The minimum absolute atomic E-state index is 0.401. The van der Waals surface area contributed by atoms with Gasteiger partial charge in [-0.3, -0.25) is 0 Å². The van der Waals surface area contributed by atoms with E-state index >= 15 is 0 Å². The molecule has 0 spiro atoms. The number of nitrogens with zero attached hydrogens (tertiary/aromatic N) is 1. The predicted molar refractivity (Wildman–Crippen MR) is 61.3 cm³/mol. The molecule has 3 nitrogen and oxygen atoms in total. The van der Waals surface area contributed by atoms with Crippen molar-refractivity contribution in [3.63, 3.8) is 0 Å². The molecule has 1 saturated carbocycles. The minimum Gasteiger partial charge on any atom is -0.383 e. The fourth-order valence-electron chi connectivity index (χ4n) is 1.65. The molecule has 0 saturated heterocycles. The van der Waals surface area contributed by atoms with Gasteiger partial charge in [-0.15, -0.1) is 0 Å². The van der Waals surface area contributed by atoms with Gasteiger partial charge in [0.2, 0.25) is 0 Å². The van der Waals surface area contributed by atoms with Crippen LogP contribution in [0.4, 0.5) is 5.69 Å². The number of rotatable bonds is 5. The molecular weight excluding hydrogens is 212 g/mol. The Balaban J connectivity index is 1.95. The molecule has 1 unspecified atom stereocenters. The first-order valence-corrected chi connectivity index (χ1v) is 5.54. The average molecular weight is 227 g/mol. The molecular formula is C11H15ClN2O. The highest BCUT2D eigenvalue weighted by atomic mass is 35.5. The second kappa shape index (κ2) is 4.81. The normalized spacial score (nSPS) is 17.5. The van der Waals surface area contributed by atoms with Gasteiger partial charge < -0.3 is 10.1 Å². The van der Waals surface area contributed by atoms with E-state index in [0.29, 0.717) is 11.2 Å². The summed E-state index contributed by atoms with van der Waals surface area (Å²) in [6, 6.07) is 4.14. The number of hydrogen-bond donors (Lipinski definition) is 1. The molecule has 0 aliphatic heterocycles. The molecule has 1 fully saturated rings. The van der Waals surface area contributed by atoms with Crippen molar-refractivity contribution in [3.05, 3.63) is 23.5 Å². The average Bonchev–Trinajstić information content (AvgIpc) is 3.04. The maximum atomic E-state index is 5.72. The number of nitrogens with one attached hydrogen (secondary N) is 1. The lowest BCUT2D eigenvalue weighted by Gasteiger charge is -2.18. The van der Waals surface area contributed by atoms with Crippen molar-refractivity contribution >= 4 is 17.3 Å². The van der Waals surface area contributed by atoms with Crippen LogP contribution < -0.4 is 5.32 Å². The lowest BCUT2D eigenvalue weighted by Crippen LogP contribution is -2.27. The van der Waals surface area contributed by atoms with Gasteiger partial charge in [0.25, 0.3) is 0 Å². The highest BCUT2D eigenvalue weighted by Gasteiger charge is 2.31. The Kier molecular flexibility index (Phi) is 3.44. The smallest absolute Gasteiger partial charge is 0.129 e. The van der Waals surface area contributed by atoms with E-state index in [2.05, 4.69) is 10.3 Å². The summed E-state index contributed by atoms with van der Waals surface area (Å²) < 4.78 is 5.19. The Bertz CT molecular complexity index is 311. The molecule has 2 rings (SSSR count). The molecule has 15 heavy (non-hydrogen) atoms. The van der Waals surface area contributed by atoms with E-state index in [1.54, 1.807) is 19.4 Å². The first-order valence-electron chi connectivity index (χ1n) is 5.16. The van der Waals surface area contributed by atoms with Crippen LogP contribution in [0.1, 0.15) is 12.8 Å². The van der Waals surface area contributed by atoms with Crippen molar-refractivity contribution < 1.29 is 4.74 Å². The van der Waals surface area contributed by atoms with E-state index in [1.807, 2.05) is 6.07 Å². The summed E-state index contributed by atoms with van der Waals surface area (Å²) in [5, 5.41) is 3.95. The van der Waals surface area contributed by atoms with Gasteiger partial charge in [-0.1, -0.05) is 11.6 Å². The number of anilines is 1. The van der Waals surface area contributed by atoms with E-state index in [4.69, 9.17) is 16.3 Å². The zero-order valence-corrected chi connectivity index (χ0v) is 9.50. The van der Waals surface area contributed by atoms with E-state index in [-0.39, 0.29) is 0 Å². The number of ether oxygens (including phenoxy) is 1. The number of pyridine rings is 1.